The third-order valence-electron chi connectivity index (χ3n) is 5.75. The van der Waals surface area contributed by atoms with E-state index >= 15 is 0 Å². The van der Waals surface area contributed by atoms with Crippen LogP contribution in [-0.4, -0.2) is 55.6 Å². The predicted molar refractivity (Wildman–Crippen MR) is 97.7 cm³/mol. The molecule has 0 N–H and O–H groups in total. The summed E-state index contributed by atoms with van der Waals surface area (Å²) in [6, 6.07) is -0.0475. The summed E-state index contributed by atoms with van der Waals surface area (Å²) >= 11 is 0. The van der Waals surface area contributed by atoms with E-state index in [1.165, 1.54) is 0 Å². The molecule has 7 nitrogen and oxygen atoms in total. The van der Waals surface area contributed by atoms with Gasteiger partial charge < -0.3 is 4.90 Å². The second kappa shape index (κ2) is 7.93. The number of alkyl halides is 5. The summed E-state index contributed by atoms with van der Waals surface area (Å²) in [5.74, 6) is -2.13. The average Bonchev–Trinajstić information content (AvgIpc) is 3.20. The molecule has 0 spiro atoms. The van der Waals surface area contributed by atoms with Crippen molar-refractivity contribution in [3.8, 4) is 0 Å². The van der Waals surface area contributed by atoms with Crippen molar-refractivity contribution in [3.63, 3.8) is 0 Å². The fraction of sp³-hybridized carbons (Fsp3) is 0.579. The molecule has 0 aliphatic carbocycles. The Balaban J connectivity index is 1.67. The molecule has 1 fully saturated rings. The fourth-order valence-electron chi connectivity index (χ4n) is 4.19. The molecule has 1 saturated heterocycles. The second-order valence-corrected chi connectivity index (χ2v) is 8.19. The quantitative estimate of drug-likeness (QED) is 0.655. The topological polar surface area (TPSA) is 73.0 Å². The first-order valence-corrected chi connectivity index (χ1v) is 9.93. The van der Waals surface area contributed by atoms with Gasteiger partial charge in [-0.3, -0.25) is 9.36 Å². The molecule has 1 amide bonds. The van der Waals surface area contributed by atoms with Crippen molar-refractivity contribution < 1.29 is 31.1 Å². The van der Waals surface area contributed by atoms with Gasteiger partial charge >= 0.3 is 11.9 Å². The fourth-order valence-corrected chi connectivity index (χ4v) is 4.19. The van der Waals surface area contributed by atoms with Crippen molar-refractivity contribution in [1.82, 2.24) is 24.2 Å². The number of halogens is 6. The van der Waals surface area contributed by atoms with Crippen molar-refractivity contribution in [1.29, 1.82) is 0 Å². The van der Waals surface area contributed by atoms with Crippen molar-refractivity contribution in [2.24, 2.45) is 5.92 Å². The number of amides is 1. The van der Waals surface area contributed by atoms with Gasteiger partial charge in [0.05, 0.1) is 19.6 Å². The molecule has 0 radical (unpaired) electrons. The number of fused-ring (bicyclic) bond motifs is 1. The van der Waals surface area contributed by atoms with Crippen LogP contribution in [0.4, 0.5) is 26.3 Å². The molecule has 32 heavy (non-hydrogen) atoms. The molecule has 4 heterocycles. The Bertz CT molecular complexity index is 1090. The second-order valence-electron chi connectivity index (χ2n) is 8.19. The Kier molecular flexibility index (Phi) is 5.53. The normalized spacial score (nSPS) is 25.8. The number of carbonyl (C=O) groups excluding carboxylic acids is 1. The van der Waals surface area contributed by atoms with Crippen LogP contribution >= 0.6 is 0 Å². The number of likely N-dealkylation sites (tertiary alicyclic amines) is 1. The molecule has 4 rings (SSSR count). The van der Waals surface area contributed by atoms with Crippen LogP contribution in [0.2, 0.25) is 0 Å². The number of hydrogen-bond acceptors (Lipinski definition) is 4. The van der Waals surface area contributed by atoms with Gasteiger partial charge in [-0.2, -0.15) is 18.3 Å². The Morgan fingerprint density at radius 1 is 1.22 bits per heavy atom. The molecule has 2 aromatic rings. The van der Waals surface area contributed by atoms with Crippen LogP contribution in [0.5, 0.6) is 0 Å². The van der Waals surface area contributed by atoms with Gasteiger partial charge in [-0.05, 0) is 18.4 Å². The lowest BCUT2D eigenvalue weighted by Gasteiger charge is -2.29. The van der Waals surface area contributed by atoms with Crippen LogP contribution in [0.15, 0.2) is 17.1 Å². The van der Waals surface area contributed by atoms with Gasteiger partial charge in [0.25, 0.3) is 0 Å². The zero-order chi connectivity index (χ0) is 23.4. The van der Waals surface area contributed by atoms with Gasteiger partial charge in [0.1, 0.15) is 11.9 Å². The Morgan fingerprint density at radius 3 is 2.50 bits per heavy atom. The van der Waals surface area contributed by atoms with Gasteiger partial charge in [-0.1, -0.05) is 6.92 Å². The van der Waals surface area contributed by atoms with E-state index in [1.54, 1.807) is 0 Å². The van der Waals surface area contributed by atoms with Gasteiger partial charge in [-0.15, -0.1) is 0 Å². The van der Waals surface area contributed by atoms with Gasteiger partial charge in [0.15, 0.2) is 23.9 Å². The van der Waals surface area contributed by atoms with Crippen molar-refractivity contribution in [3.05, 3.63) is 45.6 Å². The maximum atomic E-state index is 14.3. The van der Waals surface area contributed by atoms with Crippen LogP contribution in [0, 0.1) is 11.7 Å². The maximum absolute atomic E-state index is 14.3. The SMILES string of the molecule is CC1Cc2nn(Cc3ccnc(C(F)(F)F)c3F)c(=O)n2C(C(=O)N2C[C@@H](F)[C@@H](F)C2)C1. The molecular weight excluding hydrogens is 444 g/mol. The van der Waals surface area contributed by atoms with Crippen LogP contribution in [-0.2, 0) is 23.9 Å². The number of carbonyl (C=O) groups is 1. The molecule has 0 aromatic carbocycles. The minimum Gasteiger partial charge on any atom is -0.335 e. The highest BCUT2D eigenvalue weighted by atomic mass is 19.4. The van der Waals surface area contributed by atoms with E-state index in [9.17, 15) is 35.9 Å². The number of hydrogen-bond donors (Lipinski definition) is 0. The van der Waals surface area contributed by atoms with E-state index < -0.39 is 72.9 Å². The van der Waals surface area contributed by atoms with Crippen LogP contribution in [0.25, 0.3) is 0 Å². The van der Waals surface area contributed by atoms with E-state index in [4.69, 9.17) is 0 Å². The first-order valence-electron chi connectivity index (χ1n) is 9.93. The summed E-state index contributed by atoms with van der Waals surface area (Å²) < 4.78 is 82.2. The zero-order valence-corrected chi connectivity index (χ0v) is 16.8. The summed E-state index contributed by atoms with van der Waals surface area (Å²) in [4.78, 5) is 29.9. The molecule has 2 aromatic heterocycles. The summed E-state index contributed by atoms with van der Waals surface area (Å²) in [5, 5.41) is 4.10. The number of aromatic nitrogens is 4. The largest absolute Gasteiger partial charge is 0.436 e. The van der Waals surface area contributed by atoms with Crippen molar-refractivity contribution >= 4 is 5.91 Å². The third kappa shape index (κ3) is 3.88. The highest BCUT2D eigenvalue weighted by molar-refractivity contribution is 5.81. The Morgan fingerprint density at radius 2 is 1.88 bits per heavy atom. The molecular formula is C19H19F6N5O2. The van der Waals surface area contributed by atoms with Crippen LogP contribution < -0.4 is 5.69 Å². The average molecular weight is 463 g/mol. The molecule has 2 aliphatic heterocycles. The lowest BCUT2D eigenvalue weighted by atomic mass is 9.93. The predicted octanol–water partition coefficient (Wildman–Crippen LogP) is 2.29. The first kappa shape index (κ1) is 22.3. The minimum atomic E-state index is -5.01. The summed E-state index contributed by atoms with van der Waals surface area (Å²) in [6.07, 6.45) is -7.32. The van der Waals surface area contributed by atoms with Crippen molar-refractivity contribution in [2.45, 2.75) is 50.9 Å². The number of pyridine rings is 1. The van der Waals surface area contributed by atoms with Gasteiger partial charge in [-0.25, -0.2) is 27.6 Å². The summed E-state index contributed by atoms with van der Waals surface area (Å²) in [5.41, 5.74) is -2.96. The minimum absolute atomic E-state index is 0.0915. The molecule has 0 saturated carbocycles. The Labute approximate surface area is 177 Å². The third-order valence-corrected chi connectivity index (χ3v) is 5.75. The smallest absolute Gasteiger partial charge is 0.335 e. The van der Waals surface area contributed by atoms with E-state index in [2.05, 4.69) is 10.1 Å². The summed E-state index contributed by atoms with van der Waals surface area (Å²) in [6.45, 7) is 0.358. The van der Waals surface area contributed by atoms with Crippen molar-refractivity contribution in [2.75, 3.05) is 13.1 Å². The standard InChI is InChI=1S/C19H19F6N5O2/c1-9-4-13(17(31)28-7-11(20)12(21)8-28)30-14(5-9)27-29(18(30)32)6-10-2-3-26-16(15(10)22)19(23,24)25/h2-3,9,11-13H,4-8H2,1H3/t9?,11-,12+,13?. The highest BCUT2D eigenvalue weighted by Crippen LogP contribution is 2.32. The highest BCUT2D eigenvalue weighted by Gasteiger charge is 2.42. The zero-order valence-electron chi connectivity index (χ0n) is 16.8. The Hall–Kier alpha value is -2.86. The monoisotopic (exact) mass is 463 g/mol. The molecule has 13 heteroatoms. The molecule has 174 valence electrons. The molecule has 0 bridgehead atoms. The first-order chi connectivity index (χ1) is 15.0. The lowest BCUT2D eigenvalue weighted by Crippen LogP contribution is -2.43. The number of rotatable bonds is 3. The lowest BCUT2D eigenvalue weighted by molar-refractivity contribution is -0.143. The van der Waals surface area contributed by atoms with Gasteiger partial charge in [0.2, 0.25) is 5.91 Å². The van der Waals surface area contributed by atoms with E-state index in [1.807, 2.05) is 6.92 Å². The van der Waals surface area contributed by atoms with E-state index in [0.29, 0.717) is 6.42 Å². The number of nitrogens with zero attached hydrogens (tertiary/aromatic N) is 5. The van der Waals surface area contributed by atoms with Crippen LogP contribution in [0.1, 0.15) is 36.5 Å². The molecule has 2 aliphatic rings. The van der Waals surface area contributed by atoms with Crippen LogP contribution in [0.3, 0.4) is 0 Å². The van der Waals surface area contributed by atoms with Gasteiger partial charge in [0, 0.05) is 18.2 Å². The molecule has 2 unspecified atom stereocenters. The van der Waals surface area contributed by atoms with E-state index in [0.717, 1.165) is 26.4 Å². The molecule has 4 atom stereocenters. The summed E-state index contributed by atoms with van der Waals surface area (Å²) in [7, 11) is 0. The maximum Gasteiger partial charge on any atom is 0.436 e. The van der Waals surface area contributed by atoms with E-state index in [-0.39, 0.29) is 18.2 Å².